The van der Waals surface area contributed by atoms with Gasteiger partial charge in [0.2, 0.25) is 0 Å². The van der Waals surface area contributed by atoms with Crippen LogP contribution < -0.4 is 10.1 Å². The van der Waals surface area contributed by atoms with E-state index in [9.17, 15) is 14.4 Å². The minimum Gasteiger partial charge on any atom is -0.484 e. The summed E-state index contributed by atoms with van der Waals surface area (Å²) in [4.78, 5) is 39.6. The van der Waals surface area contributed by atoms with Gasteiger partial charge in [0.15, 0.2) is 13.2 Å². The fourth-order valence-electron chi connectivity index (χ4n) is 7.63. The molecule has 1 aromatic carbocycles. The molecule has 7 heteroatoms. The highest BCUT2D eigenvalue weighted by Crippen LogP contribution is 2.55. The van der Waals surface area contributed by atoms with Gasteiger partial charge >= 0.3 is 5.97 Å². The van der Waals surface area contributed by atoms with Crippen LogP contribution in [0.1, 0.15) is 82.0 Å². The molecule has 35 heavy (non-hydrogen) atoms. The first-order chi connectivity index (χ1) is 16.8. The van der Waals surface area contributed by atoms with Crippen molar-refractivity contribution >= 4 is 17.8 Å². The number of benzene rings is 1. The van der Waals surface area contributed by atoms with Crippen molar-refractivity contribution in [2.75, 3.05) is 13.2 Å². The van der Waals surface area contributed by atoms with Crippen molar-refractivity contribution in [2.45, 2.75) is 89.3 Å². The molecule has 5 aliphatic rings. The predicted molar refractivity (Wildman–Crippen MR) is 131 cm³/mol. The average Bonchev–Trinajstić information content (AvgIpc) is 2.80. The third-order valence-corrected chi connectivity index (χ3v) is 8.71. The summed E-state index contributed by atoms with van der Waals surface area (Å²) in [5, 5.41) is 3.23. The smallest absolute Gasteiger partial charge is 0.338 e. The molecule has 2 amide bonds. The number of piperidine rings is 1. The highest BCUT2D eigenvalue weighted by Gasteiger charge is 2.51. The number of likely N-dealkylation sites (tertiary alicyclic amines) is 1. The second-order valence-electron chi connectivity index (χ2n) is 11.6. The van der Waals surface area contributed by atoms with Crippen molar-refractivity contribution < 1.29 is 23.9 Å². The van der Waals surface area contributed by atoms with E-state index in [0.29, 0.717) is 11.3 Å². The summed E-state index contributed by atoms with van der Waals surface area (Å²) in [5.41, 5.74) is 0.267. The lowest BCUT2D eigenvalue weighted by Crippen LogP contribution is -2.60. The summed E-state index contributed by atoms with van der Waals surface area (Å²) in [6.45, 7) is 3.87. The van der Waals surface area contributed by atoms with E-state index in [2.05, 4.69) is 19.2 Å². The lowest BCUT2D eigenvalue weighted by molar-refractivity contribution is -0.139. The summed E-state index contributed by atoms with van der Waals surface area (Å²) in [6.07, 6.45) is 10.3. The molecule has 4 saturated carbocycles. The summed E-state index contributed by atoms with van der Waals surface area (Å²) in [5.74, 6) is 1.99. The molecular formula is C28H38N2O5. The van der Waals surface area contributed by atoms with Gasteiger partial charge in [-0.1, -0.05) is 0 Å². The zero-order chi connectivity index (χ0) is 24.6. The van der Waals surface area contributed by atoms with Crippen molar-refractivity contribution in [2.24, 2.45) is 17.8 Å². The van der Waals surface area contributed by atoms with E-state index in [1.54, 1.807) is 24.3 Å². The molecule has 7 nitrogen and oxygen atoms in total. The summed E-state index contributed by atoms with van der Waals surface area (Å²) in [6, 6.07) is 6.97. The van der Waals surface area contributed by atoms with E-state index in [1.165, 1.54) is 19.3 Å². The van der Waals surface area contributed by atoms with Crippen LogP contribution in [0.5, 0.6) is 5.75 Å². The van der Waals surface area contributed by atoms with Gasteiger partial charge in [-0.05, 0) is 114 Å². The first kappa shape index (κ1) is 24.1. The van der Waals surface area contributed by atoms with Crippen molar-refractivity contribution in [3.05, 3.63) is 29.8 Å². The minimum atomic E-state index is -0.538. The molecule has 1 heterocycles. The van der Waals surface area contributed by atoms with E-state index in [4.69, 9.17) is 9.47 Å². The number of hydrogen-bond donors (Lipinski definition) is 1. The van der Waals surface area contributed by atoms with Gasteiger partial charge in [0, 0.05) is 17.6 Å². The highest BCUT2D eigenvalue weighted by molar-refractivity contribution is 5.91. The van der Waals surface area contributed by atoms with Crippen LogP contribution in [0.15, 0.2) is 24.3 Å². The zero-order valence-electron chi connectivity index (χ0n) is 21.0. The second kappa shape index (κ2) is 9.82. The fraction of sp³-hybridized carbons (Fsp3) is 0.679. The lowest BCUT2D eigenvalue weighted by Gasteiger charge is -2.56. The van der Waals surface area contributed by atoms with Crippen LogP contribution in [-0.4, -0.2) is 53.5 Å². The van der Waals surface area contributed by atoms with Crippen LogP contribution in [0.3, 0.4) is 0 Å². The van der Waals surface area contributed by atoms with Crippen molar-refractivity contribution in [1.82, 2.24) is 10.2 Å². The van der Waals surface area contributed by atoms with Crippen LogP contribution in [0, 0.1) is 17.8 Å². The van der Waals surface area contributed by atoms with Gasteiger partial charge in [-0.2, -0.15) is 0 Å². The van der Waals surface area contributed by atoms with Crippen LogP contribution in [-0.2, 0) is 14.3 Å². The molecule has 0 radical (unpaired) electrons. The average molecular weight is 483 g/mol. The van der Waals surface area contributed by atoms with E-state index >= 15 is 0 Å². The molecule has 4 bridgehead atoms. The third kappa shape index (κ3) is 5.34. The Morgan fingerprint density at radius 2 is 1.49 bits per heavy atom. The number of ether oxygens (including phenoxy) is 2. The summed E-state index contributed by atoms with van der Waals surface area (Å²) < 4.78 is 11.0. The zero-order valence-corrected chi connectivity index (χ0v) is 21.0. The number of carbonyl (C=O) groups is 3. The maximum absolute atomic E-state index is 12.6. The molecule has 0 aromatic heterocycles. The SMILES string of the molecule is CC1CCCC(C)N1C(=O)COc1ccc(C(=O)OCC(=O)NC23CC4CC(CC(C4)C2)C3)cc1. The van der Waals surface area contributed by atoms with Crippen LogP contribution in [0.25, 0.3) is 0 Å². The molecule has 190 valence electrons. The largest absolute Gasteiger partial charge is 0.484 e. The first-order valence-electron chi connectivity index (χ1n) is 13.3. The number of nitrogens with one attached hydrogen (secondary N) is 1. The Balaban J connectivity index is 1.07. The molecule has 4 aliphatic carbocycles. The summed E-state index contributed by atoms with van der Waals surface area (Å²) in [7, 11) is 0. The number of rotatable bonds is 7. The molecule has 1 N–H and O–H groups in total. The molecule has 2 atom stereocenters. The maximum Gasteiger partial charge on any atom is 0.338 e. The van der Waals surface area contributed by atoms with Crippen molar-refractivity contribution in [3.8, 4) is 5.75 Å². The topological polar surface area (TPSA) is 84.9 Å². The van der Waals surface area contributed by atoms with Crippen molar-refractivity contribution in [1.29, 1.82) is 0 Å². The standard InChI is InChI=1S/C28H38N2O5/c1-18-4-3-5-19(2)30(18)26(32)17-34-24-8-6-23(7-9-24)27(33)35-16-25(31)29-28-13-20-10-21(14-28)12-22(11-20)15-28/h6-9,18-22H,3-5,10-17H2,1-2H3,(H,29,31). The number of esters is 1. The Morgan fingerprint density at radius 1 is 0.914 bits per heavy atom. The number of nitrogens with zero attached hydrogens (tertiary/aromatic N) is 1. The van der Waals surface area contributed by atoms with E-state index in [-0.39, 0.29) is 42.7 Å². The van der Waals surface area contributed by atoms with Gasteiger partial charge < -0.3 is 19.7 Å². The fourth-order valence-corrected chi connectivity index (χ4v) is 7.63. The van der Waals surface area contributed by atoms with Crippen LogP contribution in [0.2, 0.25) is 0 Å². The maximum atomic E-state index is 12.6. The lowest BCUT2D eigenvalue weighted by atomic mass is 9.53. The first-order valence-corrected chi connectivity index (χ1v) is 13.3. The molecule has 1 saturated heterocycles. The van der Waals surface area contributed by atoms with E-state index in [1.807, 2.05) is 4.90 Å². The number of hydrogen-bond acceptors (Lipinski definition) is 5. The Morgan fingerprint density at radius 3 is 2.06 bits per heavy atom. The molecule has 5 fully saturated rings. The van der Waals surface area contributed by atoms with Gasteiger partial charge in [-0.15, -0.1) is 0 Å². The predicted octanol–water partition coefficient (Wildman–Crippen LogP) is 4.10. The van der Waals surface area contributed by atoms with E-state index in [0.717, 1.165) is 56.3 Å². The van der Waals surface area contributed by atoms with E-state index < -0.39 is 5.97 Å². The quantitative estimate of drug-likeness (QED) is 0.592. The highest BCUT2D eigenvalue weighted by atomic mass is 16.5. The Labute approximate surface area is 207 Å². The molecule has 1 aromatic rings. The van der Waals surface area contributed by atoms with Crippen LogP contribution in [0.4, 0.5) is 0 Å². The Kier molecular flexibility index (Phi) is 6.78. The van der Waals surface area contributed by atoms with Crippen molar-refractivity contribution in [3.63, 3.8) is 0 Å². The number of amides is 2. The monoisotopic (exact) mass is 482 g/mol. The molecule has 1 aliphatic heterocycles. The Bertz CT molecular complexity index is 913. The number of carbonyl (C=O) groups excluding carboxylic acids is 3. The minimum absolute atomic E-state index is 0.0155. The molecule has 2 unspecified atom stereocenters. The molecular weight excluding hydrogens is 444 g/mol. The van der Waals surface area contributed by atoms with Gasteiger partial charge in [0.05, 0.1) is 5.56 Å². The molecule has 6 rings (SSSR count). The van der Waals surface area contributed by atoms with Crippen LogP contribution >= 0.6 is 0 Å². The van der Waals surface area contributed by atoms with Gasteiger partial charge in [-0.25, -0.2) is 4.79 Å². The van der Waals surface area contributed by atoms with Gasteiger partial charge in [-0.3, -0.25) is 9.59 Å². The molecule has 0 spiro atoms. The summed E-state index contributed by atoms with van der Waals surface area (Å²) >= 11 is 0. The second-order valence-corrected chi connectivity index (χ2v) is 11.6. The van der Waals surface area contributed by atoms with Gasteiger partial charge in [0.1, 0.15) is 5.75 Å². The normalized spacial score (nSPS) is 33.3. The van der Waals surface area contributed by atoms with Gasteiger partial charge in [0.25, 0.3) is 11.8 Å². The third-order valence-electron chi connectivity index (χ3n) is 8.71. The Hall–Kier alpha value is -2.57.